The molecule has 6 nitrogen and oxygen atoms in total. The summed E-state index contributed by atoms with van der Waals surface area (Å²) in [6, 6.07) is 11.4. The summed E-state index contributed by atoms with van der Waals surface area (Å²) in [6.07, 6.45) is 1.85. The smallest absolute Gasteiger partial charge is 0.226 e. The van der Waals surface area contributed by atoms with E-state index in [0.717, 1.165) is 18.4 Å². The molecule has 0 saturated carbocycles. The second-order valence-corrected chi connectivity index (χ2v) is 5.27. The zero-order valence-electron chi connectivity index (χ0n) is 13.2. The summed E-state index contributed by atoms with van der Waals surface area (Å²) < 4.78 is 5.26. The van der Waals surface area contributed by atoms with Crippen molar-refractivity contribution in [3.05, 3.63) is 42.1 Å². The molecule has 2 N–H and O–H groups in total. The Labute approximate surface area is 135 Å². The summed E-state index contributed by atoms with van der Waals surface area (Å²) in [5, 5.41) is 9.48. The minimum absolute atomic E-state index is 0.0331. The average Bonchev–Trinajstić information content (AvgIpc) is 3.00. The van der Waals surface area contributed by atoms with Crippen LogP contribution in [-0.2, 0) is 16.0 Å². The number of carbonyl (C=O) groups is 2. The van der Waals surface area contributed by atoms with Crippen LogP contribution in [0, 0.1) is 0 Å². The molecule has 0 bridgehead atoms. The summed E-state index contributed by atoms with van der Waals surface area (Å²) in [4.78, 5) is 22.5. The predicted octanol–water partition coefficient (Wildman–Crippen LogP) is 1.92. The highest BCUT2D eigenvalue weighted by Crippen LogP contribution is 2.19. The normalized spacial score (nSPS) is 10.3. The minimum Gasteiger partial charge on any atom is -0.356 e. The molecule has 0 atom stereocenters. The molecule has 1 heterocycles. The molecule has 6 heteroatoms. The molecule has 0 aliphatic rings. The van der Waals surface area contributed by atoms with Gasteiger partial charge in [0.1, 0.15) is 0 Å². The molecule has 1 aromatic carbocycles. The Morgan fingerprint density at radius 1 is 1.09 bits per heavy atom. The lowest BCUT2D eigenvalue weighted by molar-refractivity contribution is -0.121. The summed E-state index contributed by atoms with van der Waals surface area (Å²) in [5.41, 5.74) is 1.55. The van der Waals surface area contributed by atoms with E-state index >= 15 is 0 Å². The van der Waals surface area contributed by atoms with Gasteiger partial charge < -0.3 is 15.2 Å². The molecule has 0 aliphatic carbocycles. The van der Waals surface area contributed by atoms with Crippen LogP contribution in [-0.4, -0.2) is 30.1 Å². The molecule has 0 aliphatic heterocycles. The van der Waals surface area contributed by atoms with Crippen molar-refractivity contribution in [1.29, 1.82) is 0 Å². The highest BCUT2D eigenvalue weighted by atomic mass is 16.5. The van der Waals surface area contributed by atoms with E-state index in [9.17, 15) is 9.59 Å². The SMILES string of the molecule is CC(=O)NCCCCNC(=O)Cc1cc(-c2ccccc2)on1. The third kappa shape index (κ3) is 5.94. The number of benzene rings is 1. The molecule has 0 radical (unpaired) electrons. The van der Waals surface area contributed by atoms with Crippen LogP contribution < -0.4 is 10.6 Å². The van der Waals surface area contributed by atoms with Gasteiger partial charge in [0.05, 0.1) is 12.1 Å². The van der Waals surface area contributed by atoms with Crippen LogP contribution in [0.3, 0.4) is 0 Å². The third-order valence-electron chi connectivity index (χ3n) is 3.26. The predicted molar refractivity (Wildman–Crippen MR) is 86.6 cm³/mol. The van der Waals surface area contributed by atoms with Crippen LogP contribution in [0.2, 0.25) is 0 Å². The van der Waals surface area contributed by atoms with Gasteiger partial charge in [-0.1, -0.05) is 35.5 Å². The molecule has 23 heavy (non-hydrogen) atoms. The van der Waals surface area contributed by atoms with E-state index in [-0.39, 0.29) is 18.2 Å². The average molecular weight is 315 g/mol. The number of aromatic nitrogens is 1. The van der Waals surface area contributed by atoms with Crippen molar-refractivity contribution < 1.29 is 14.1 Å². The lowest BCUT2D eigenvalue weighted by Crippen LogP contribution is -2.27. The van der Waals surface area contributed by atoms with Crippen molar-refractivity contribution in [2.45, 2.75) is 26.2 Å². The maximum atomic E-state index is 11.8. The second kappa shape index (κ2) is 8.73. The highest BCUT2D eigenvalue weighted by Gasteiger charge is 2.10. The van der Waals surface area contributed by atoms with Gasteiger partial charge in [-0.05, 0) is 12.8 Å². The fourth-order valence-electron chi connectivity index (χ4n) is 2.10. The van der Waals surface area contributed by atoms with E-state index in [1.807, 2.05) is 30.3 Å². The molecule has 0 unspecified atom stereocenters. The highest BCUT2D eigenvalue weighted by molar-refractivity contribution is 5.78. The van der Waals surface area contributed by atoms with Gasteiger partial charge in [-0.2, -0.15) is 0 Å². The molecule has 122 valence electrons. The van der Waals surface area contributed by atoms with E-state index in [1.165, 1.54) is 6.92 Å². The van der Waals surface area contributed by atoms with Crippen molar-refractivity contribution in [3.63, 3.8) is 0 Å². The zero-order chi connectivity index (χ0) is 16.5. The molecule has 0 saturated heterocycles. The molecule has 0 spiro atoms. The number of unbranched alkanes of at least 4 members (excludes halogenated alkanes) is 1. The second-order valence-electron chi connectivity index (χ2n) is 5.27. The van der Waals surface area contributed by atoms with Crippen LogP contribution in [0.5, 0.6) is 0 Å². The van der Waals surface area contributed by atoms with Crippen LogP contribution >= 0.6 is 0 Å². The van der Waals surface area contributed by atoms with Gasteiger partial charge in [-0.3, -0.25) is 9.59 Å². The first-order valence-electron chi connectivity index (χ1n) is 7.67. The van der Waals surface area contributed by atoms with E-state index in [0.29, 0.717) is 24.5 Å². The Morgan fingerprint density at radius 2 is 1.78 bits per heavy atom. The van der Waals surface area contributed by atoms with E-state index in [2.05, 4.69) is 15.8 Å². The number of rotatable bonds is 8. The summed E-state index contributed by atoms with van der Waals surface area (Å²) in [7, 11) is 0. The first-order valence-corrected chi connectivity index (χ1v) is 7.67. The van der Waals surface area contributed by atoms with Crippen LogP contribution in [0.1, 0.15) is 25.5 Å². The van der Waals surface area contributed by atoms with E-state index in [1.54, 1.807) is 6.07 Å². The Hall–Kier alpha value is -2.63. The van der Waals surface area contributed by atoms with Gasteiger partial charge in [0.25, 0.3) is 0 Å². The van der Waals surface area contributed by atoms with Gasteiger partial charge in [0.15, 0.2) is 5.76 Å². The van der Waals surface area contributed by atoms with E-state index < -0.39 is 0 Å². The lowest BCUT2D eigenvalue weighted by Gasteiger charge is -2.04. The maximum absolute atomic E-state index is 11.8. The maximum Gasteiger partial charge on any atom is 0.226 e. The van der Waals surface area contributed by atoms with Crippen LogP contribution in [0.15, 0.2) is 40.9 Å². The van der Waals surface area contributed by atoms with Crippen LogP contribution in [0.4, 0.5) is 0 Å². The molecule has 2 aromatic rings. The molecule has 2 amide bonds. The number of hydrogen-bond donors (Lipinski definition) is 2. The van der Waals surface area contributed by atoms with Crippen molar-refractivity contribution in [2.24, 2.45) is 0 Å². The van der Waals surface area contributed by atoms with Crippen molar-refractivity contribution >= 4 is 11.8 Å². The standard InChI is InChI=1S/C17H21N3O3/c1-13(21)18-9-5-6-10-19-17(22)12-15-11-16(23-20-15)14-7-3-2-4-8-14/h2-4,7-8,11H,5-6,9-10,12H2,1H3,(H,18,21)(H,19,22). The largest absolute Gasteiger partial charge is 0.356 e. The fourth-order valence-corrected chi connectivity index (χ4v) is 2.10. The van der Waals surface area contributed by atoms with Gasteiger partial charge in [-0.15, -0.1) is 0 Å². The quantitative estimate of drug-likeness (QED) is 0.729. The number of nitrogens with one attached hydrogen (secondary N) is 2. The Kier molecular flexibility index (Phi) is 6.35. The minimum atomic E-state index is -0.0857. The Morgan fingerprint density at radius 3 is 2.48 bits per heavy atom. The Balaban J connectivity index is 1.70. The third-order valence-corrected chi connectivity index (χ3v) is 3.26. The van der Waals surface area contributed by atoms with E-state index in [4.69, 9.17) is 4.52 Å². The molecular weight excluding hydrogens is 294 g/mol. The van der Waals surface area contributed by atoms with Gasteiger partial charge in [0, 0.05) is 31.6 Å². The molecular formula is C17H21N3O3. The number of carbonyl (C=O) groups excluding carboxylic acids is 2. The first kappa shape index (κ1) is 16.7. The Bertz CT molecular complexity index is 638. The number of nitrogens with zero attached hydrogens (tertiary/aromatic N) is 1. The topological polar surface area (TPSA) is 84.2 Å². The first-order chi connectivity index (χ1) is 11.1. The molecule has 1 aromatic heterocycles. The van der Waals surface area contributed by atoms with Crippen molar-refractivity contribution in [3.8, 4) is 11.3 Å². The molecule has 0 fully saturated rings. The number of hydrogen-bond acceptors (Lipinski definition) is 4. The summed E-state index contributed by atoms with van der Waals surface area (Å²) >= 11 is 0. The fraction of sp³-hybridized carbons (Fsp3) is 0.353. The van der Waals surface area contributed by atoms with Gasteiger partial charge >= 0.3 is 0 Å². The lowest BCUT2D eigenvalue weighted by atomic mass is 10.1. The van der Waals surface area contributed by atoms with Crippen LogP contribution in [0.25, 0.3) is 11.3 Å². The van der Waals surface area contributed by atoms with Crippen molar-refractivity contribution in [1.82, 2.24) is 15.8 Å². The van der Waals surface area contributed by atoms with Gasteiger partial charge in [-0.25, -0.2) is 0 Å². The summed E-state index contributed by atoms with van der Waals surface area (Å²) in [6.45, 7) is 2.71. The monoisotopic (exact) mass is 315 g/mol. The summed E-state index contributed by atoms with van der Waals surface area (Å²) in [5.74, 6) is 0.537. The number of amides is 2. The zero-order valence-corrected chi connectivity index (χ0v) is 13.2. The molecule has 2 rings (SSSR count). The van der Waals surface area contributed by atoms with Crippen molar-refractivity contribution in [2.75, 3.05) is 13.1 Å². The van der Waals surface area contributed by atoms with Gasteiger partial charge in [0.2, 0.25) is 11.8 Å².